The Morgan fingerprint density at radius 1 is 1.22 bits per heavy atom. The Bertz CT molecular complexity index is 470. The van der Waals surface area contributed by atoms with Gasteiger partial charge in [-0.2, -0.15) is 0 Å². The Morgan fingerprint density at radius 2 is 1.87 bits per heavy atom. The van der Waals surface area contributed by atoms with E-state index >= 15 is 0 Å². The van der Waals surface area contributed by atoms with Crippen molar-refractivity contribution in [2.24, 2.45) is 5.92 Å². The van der Waals surface area contributed by atoms with Gasteiger partial charge in [-0.15, -0.1) is 0 Å². The maximum absolute atomic E-state index is 11.7. The molecule has 0 radical (unpaired) electrons. The molecular formula is C15H22N2O6. The van der Waals surface area contributed by atoms with E-state index in [1.54, 1.807) is 0 Å². The lowest BCUT2D eigenvalue weighted by Gasteiger charge is -2.15. The van der Waals surface area contributed by atoms with Crippen molar-refractivity contribution in [1.29, 1.82) is 0 Å². The molecule has 0 saturated heterocycles. The van der Waals surface area contributed by atoms with Gasteiger partial charge in [-0.05, 0) is 12.3 Å². The van der Waals surface area contributed by atoms with Gasteiger partial charge >= 0.3 is 5.97 Å². The molecule has 1 rings (SSSR count). The molecule has 1 heterocycles. The minimum atomic E-state index is -0.893. The highest BCUT2D eigenvalue weighted by Crippen LogP contribution is 2.05. The summed E-state index contributed by atoms with van der Waals surface area (Å²) in [5.41, 5.74) is 0. The van der Waals surface area contributed by atoms with E-state index < -0.39 is 17.8 Å². The molecule has 0 aromatic heterocycles. The average molecular weight is 326 g/mol. The number of carbonyl (C=O) groups excluding carboxylic acids is 3. The van der Waals surface area contributed by atoms with Gasteiger partial charge in [0.2, 0.25) is 5.91 Å². The zero-order valence-corrected chi connectivity index (χ0v) is 13.1. The summed E-state index contributed by atoms with van der Waals surface area (Å²) in [6.45, 7) is 3.09. The minimum absolute atomic E-state index is 0.0199. The van der Waals surface area contributed by atoms with Gasteiger partial charge in [0.25, 0.3) is 11.8 Å². The molecule has 0 aromatic rings. The van der Waals surface area contributed by atoms with Crippen LogP contribution in [0.25, 0.3) is 0 Å². The SMILES string of the molecule is CC(CCOCCC(=O)O)CNC(=O)CCN1C(=O)C=CC1=O. The van der Waals surface area contributed by atoms with Crippen molar-refractivity contribution in [3.63, 3.8) is 0 Å². The third-order valence-corrected chi connectivity index (χ3v) is 3.33. The van der Waals surface area contributed by atoms with E-state index in [0.29, 0.717) is 19.6 Å². The molecule has 23 heavy (non-hydrogen) atoms. The Labute approximate surface area is 134 Å². The first-order chi connectivity index (χ1) is 10.9. The standard InChI is InChI=1S/C15H22N2O6/c1-11(5-8-23-9-6-15(21)22)10-16-12(18)4-7-17-13(19)2-3-14(17)20/h2-3,11H,4-10H2,1H3,(H,16,18)(H,21,22). The number of nitrogens with zero attached hydrogens (tertiary/aromatic N) is 1. The number of aliphatic carboxylic acids is 1. The zero-order valence-electron chi connectivity index (χ0n) is 13.1. The van der Waals surface area contributed by atoms with Gasteiger partial charge in [-0.25, -0.2) is 0 Å². The van der Waals surface area contributed by atoms with Crippen molar-refractivity contribution >= 4 is 23.7 Å². The van der Waals surface area contributed by atoms with Gasteiger partial charge in [-0.1, -0.05) is 6.92 Å². The highest BCUT2D eigenvalue weighted by Gasteiger charge is 2.23. The quantitative estimate of drug-likeness (QED) is 0.406. The van der Waals surface area contributed by atoms with Crippen molar-refractivity contribution in [2.45, 2.75) is 26.2 Å². The third-order valence-electron chi connectivity index (χ3n) is 3.33. The molecule has 0 aromatic carbocycles. The van der Waals surface area contributed by atoms with Crippen LogP contribution >= 0.6 is 0 Å². The number of hydrogen-bond acceptors (Lipinski definition) is 5. The van der Waals surface area contributed by atoms with Crippen LogP contribution in [0.1, 0.15) is 26.2 Å². The molecule has 0 bridgehead atoms. The number of ether oxygens (including phenoxy) is 1. The van der Waals surface area contributed by atoms with Crippen LogP contribution in [0.2, 0.25) is 0 Å². The van der Waals surface area contributed by atoms with Gasteiger partial charge in [0.1, 0.15) is 0 Å². The summed E-state index contributed by atoms with van der Waals surface area (Å²) in [6, 6.07) is 0. The third kappa shape index (κ3) is 7.55. The molecule has 8 nitrogen and oxygen atoms in total. The van der Waals surface area contributed by atoms with E-state index in [9.17, 15) is 19.2 Å². The van der Waals surface area contributed by atoms with Crippen molar-refractivity contribution in [2.75, 3.05) is 26.3 Å². The molecule has 0 saturated carbocycles. The monoisotopic (exact) mass is 326 g/mol. The first-order valence-electron chi connectivity index (χ1n) is 7.50. The van der Waals surface area contributed by atoms with Gasteiger partial charge in [-0.3, -0.25) is 24.1 Å². The fourth-order valence-electron chi connectivity index (χ4n) is 1.89. The predicted octanol–water partition coefficient (Wildman–Crippen LogP) is -0.0648. The normalized spacial score (nSPS) is 15.1. The summed E-state index contributed by atoms with van der Waals surface area (Å²) >= 11 is 0. The van der Waals surface area contributed by atoms with Crippen LogP contribution in [0.3, 0.4) is 0 Å². The molecule has 3 amide bonds. The van der Waals surface area contributed by atoms with Gasteiger partial charge < -0.3 is 15.2 Å². The number of imide groups is 1. The van der Waals surface area contributed by atoms with Crippen LogP contribution in [0, 0.1) is 5.92 Å². The molecule has 0 fully saturated rings. The number of nitrogens with one attached hydrogen (secondary N) is 1. The molecule has 1 atom stereocenters. The second-order valence-corrected chi connectivity index (χ2v) is 5.37. The first-order valence-corrected chi connectivity index (χ1v) is 7.50. The number of carboxylic acid groups (broad SMARTS) is 1. The van der Waals surface area contributed by atoms with E-state index in [1.807, 2.05) is 6.92 Å². The molecule has 0 spiro atoms. The Morgan fingerprint density at radius 3 is 2.48 bits per heavy atom. The van der Waals surface area contributed by atoms with Crippen molar-refractivity contribution in [3.8, 4) is 0 Å². The number of hydrogen-bond donors (Lipinski definition) is 2. The largest absolute Gasteiger partial charge is 0.481 e. The molecular weight excluding hydrogens is 304 g/mol. The number of carboxylic acids is 1. The van der Waals surface area contributed by atoms with Crippen LogP contribution in [0.5, 0.6) is 0 Å². The van der Waals surface area contributed by atoms with Crippen LogP contribution in [-0.4, -0.2) is 60.0 Å². The maximum atomic E-state index is 11.7. The van der Waals surface area contributed by atoms with E-state index in [0.717, 1.165) is 4.90 Å². The lowest BCUT2D eigenvalue weighted by atomic mass is 10.1. The molecule has 0 aliphatic carbocycles. The summed E-state index contributed by atoms with van der Waals surface area (Å²) in [4.78, 5) is 45.6. The first kappa shape index (κ1) is 18.8. The van der Waals surface area contributed by atoms with Crippen molar-refractivity contribution in [1.82, 2.24) is 10.2 Å². The fourth-order valence-corrected chi connectivity index (χ4v) is 1.89. The Balaban J connectivity index is 2.07. The maximum Gasteiger partial charge on any atom is 0.305 e. The van der Waals surface area contributed by atoms with E-state index in [4.69, 9.17) is 9.84 Å². The smallest absolute Gasteiger partial charge is 0.305 e. The molecule has 1 aliphatic rings. The second-order valence-electron chi connectivity index (χ2n) is 5.37. The summed E-state index contributed by atoms with van der Waals surface area (Å²) < 4.78 is 5.18. The van der Waals surface area contributed by atoms with E-state index in [1.165, 1.54) is 12.2 Å². The van der Waals surface area contributed by atoms with Crippen LogP contribution in [0.4, 0.5) is 0 Å². The van der Waals surface area contributed by atoms with Crippen LogP contribution in [-0.2, 0) is 23.9 Å². The zero-order chi connectivity index (χ0) is 17.2. The molecule has 1 aliphatic heterocycles. The minimum Gasteiger partial charge on any atom is -0.481 e. The predicted molar refractivity (Wildman–Crippen MR) is 80.3 cm³/mol. The highest BCUT2D eigenvalue weighted by atomic mass is 16.5. The second kappa shape index (κ2) is 9.73. The number of carbonyl (C=O) groups is 4. The van der Waals surface area contributed by atoms with E-state index in [2.05, 4.69) is 5.32 Å². The van der Waals surface area contributed by atoms with Gasteiger partial charge in [0.05, 0.1) is 13.0 Å². The lowest BCUT2D eigenvalue weighted by Crippen LogP contribution is -2.35. The molecule has 128 valence electrons. The lowest BCUT2D eigenvalue weighted by molar-refractivity contribution is -0.139. The van der Waals surface area contributed by atoms with Crippen LogP contribution < -0.4 is 5.32 Å². The summed E-state index contributed by atoms with van der Waals surface area (Å²) in [6.07, 6.45) is 3.13. The summed E-state index contributed by atoms with van der Waals surface area (Å²) in [5.74, 6) is -1.73. The van der Waals surface area contributed by atoms with Crippen LogP contribution in [0.15, 0.2) is 12.2 Å². The molecule has 2 N–H and O–H groups in total. The van der Waals surface area contributed by atoms with Crippen molar-refractivity contribution in [3.05, 3.63) is 12.2 Å². The van der Waals surface area contributed by atoms with Crippen molar-refractivity contribution < 1.29 is 29.0 Å². The highest BCUT2D eigenvalue weighted by molar-refractivity contribution is 6.13. The topological polar surface area (TPSA) is 113 Å². The number of amides is 3. The Hall–Kier alpha value is -2.22. The Kier molecular flexibility index (Phi) is 7.96. The van der Waals surface area contributed by atoms with Gasteiger partial charge in [0.15, 0.2) is 0 Å². The average Bonchev–Trinajstić information content (AvgIpc) is 2.81. The van der Waals surface area contributed by atoms with Gasteiger partial charge in [0, 0.05) is 38.3 Å². The molecule has 8 heteroatoms. The molecule has 1 unspecified atom stereocenters. The summed E-state index contributed by atoms with van der Waals surface area (Å²) in [7, 11) is 0. The fraction of sp³-hybridized carbons (Fsp3) is 0.600. The van der Waals surface area contributed by atoms with E-state index in [-0.39, 0.29) is 37.8 Å². The number of rotatable bonds is 11. The summed E-state index contributed by atoms with van der Waals surface area (Å²) in [5, 5.41) is 11.2.